The van der Waals surface area contributed by atoms with Crippen molar-refractivity contribution in [2.24, 2.45) is 0 Å². The van der Waals surface area contributed by atoms with Crippen molar-refractivity contribution >= 4 is 16.8 Å². The summed E-state index contributed by atoms with van der Waals surface area (Å²) < 4.78 is 13.2. The number of aryl methyl sites for hydroxylation is 2. The molecular formula is C24H26N2O3. The summed E-state index contributed by atoms with van der Waals surface area (Å²) in [5.74, 6) is 1.29. The Morgan fingerprint density at radius 2 is 1.86 bits per heavy atom. The van der Waals surface area contributed by atoms with E-state index in [1.165, 1.54) is 27.7 Å². The zero-order chi connectivity index (χ0) is 20.1. The lowest BCUT2D eigenvalue weighted by Crippen LogP contribution is -2.43. The number of hydrogen-bond acceptors (Lipinski definition) is 3. The van der Waals surface area contributed by atoms with Crippen molar-refractivity contribution in [3.05, 3.63) is 58.8 Å². The number of rotatable bonds is 3. The monoisotopic (exact) mass is 390 g/mol. The second kappa shape index (κ2) is 6.83. The third kappa shape index (κ3) is 2.71. The van der Waals surface area contributed by atoms with Crippen LogP contribution in [0.25, 0.3) is 10.9 Å². The van der Waals surface area contributed by atoms with Gasteiger partial charge in [0.2, 0.25) is 0 Å². The molecule has 2 aromatic carbocycles. The normalized spacial score (nSPS) is 17.9. The van der Waals surface area contributed by atoms with Crippen LogP contribution in [0.2, 0.25) is 0 Å². The van der Waals surface area contributed by atoms with Crippen molar-refractivity contribution in [3.8, 4) is 11.5 Å². The van der Waals surface area contributed by atoms with Gasteiger partial charge in [-0.25, -0.2) is 0 Å². The zero-order valence-electron chi connectivity index (χ0n) is 17.2. The molecule has 5 heteroatoms. The number of carbonyl (C=O) groups excluding carboxylic acids is 1. The summed E-state index contributed by atoms with van der Waals surface area (Å²) >= 11 is 0. The predicted molar refractivity (Wildman–Crippen MR) is 113 cm³/mol. The SMILES string of the molecule is COc1ccc(C(=O)N2CCn3c4c(c5cc(C)ccc53)CCC[C@@H]42)cc1OC. The van der Waals surface area contributed by atoms with Crippen LogP contribution in [0.5, 0.6) is 11.5 Å². The van der Waals surface area contributed by atoms with Gasteiger partial charge in [-0.2, -0.15) is 0 Å². The van der Waals surface area contributed by atoms with Crippen LogP contribution in [-0.2, 0) is 13.0 Å². The fraction of sp³-hybridized carbons (Fsp3) is 0.375. The molecule has 0 fully saturated rings. The van der Waals surface area contributed by atoms with Crippen molar-refractivity contribution in [1.82, 2.24) is 9.47 Å². The number of aromatic nitrogens is 1. The largest absolute Gasteiger partial charge is 0.493 e. The molecule has 0 saturated heterocycles. The number of fused-ring (bicyclic) bond motifs is 3. The number of amides is 1. The standard InChI is InChI=1S/C24H26N2O3/c1-15-7-9-19-18(13-15)17-5-4-6-20-23(17)25(19)11-12-26(20)24(27)16-8-10-21(28-2)22(14-16)29-3/h7-10,13-14,20H,4-6,11-12H2,1-3H3/t20-/m0/s1. The first-order valence-corrected chi connectivity index (χ1v) is 10.3. The maximum Gasteiger partial charge on any atom is 0.254 e. The van der Waals surface area contributed by atoms with E-state index in [2.05, 4.69) is 34.6 Å². The molecule has 1 atom stereocenters. The Balaban J connectivity index is 1.56. The minimum absolute atomic E-state index is 0.0662. The van der Waals surface area contributed by atoms with Gasteiger partial charge < -0.3 is 18.9 Å². The minimum atomic E-state index is 0.0662. The molecule has 5 rings (SSSR count). The highest BCUT2D eigenvalue weighted by atomic mass is 16.5. The van der Waals surface area contributed by atoms with Crippen LogP contribution in [0, 0.1) is 6.92 Å². The first-order valence-electron chi connectivity index (χ1n) is 10.3. The van der Waals surface area contributed by atoms with Crippen molar-refractivity contribution in [2.75, 3.05) is 20.8 Å². The Kier molecular flexibility index (Phi) is 4.26. The lowest BCUT2D eigenvalue weighted by molar-refractivity contribution is 0.0601. The summed E-state index contributed by atoms with van der Waals surface area (Å²) in [5.41, 5.74) is 6.03. The predicted octanol–water partition coefficient (Wildman–Crippen LogP) is 4.50. The number of nitrogens with zero attached hydrogens (tertiary/aromatic N) is 2. The van der Waals surface area contributed by atoms with E-state index in [-0.39, 0.29) is 11.9 Å². The van der Waals surface area contributed by atoms with Gasteiger partial charge in [-0.15, -0.1) is 0 Å². The number of carbonyl (C=O) groups is 1. The van der Waals surface area contributed by atoms with Gasteiger partial charge >= 0.3 is 0 Å². The maximum absolute atomic E-state index is 13.5. The van der Waals surface area contributed by atoms with Gasteiger partial charge in [0.05, 0.1) is 20.3 Å². The molecule has 0 N–H and O–H groups in total. The lowest BCUT2D eigenvalue weighted by atomic mass is 9.89. The van der Waals surface area contributed by atoms with Crippen molar-refractivity contribution in [2.45, 2.75) is 38.8 Å². The molecule has 0 spiro atoms. The highest BCUT2D eigenvalue weighted by molar-refractivity contribution is 5.96. The van der Waals surface area contributed by atoms with Crippen LogP contribution < -0.4 is 9.47 Å². The van der Waals surface area contributed by atoms with E-state index in [0.29, 0.717) is 17.1 Å². The molecule has 2 aliphatic rings. The van der Waals surface area contributed by atoms with Crippen LogP contribution >= 0.6 is 0 Å². The molecule has 1 amide bonds. The van der Waals surface area contributed by atoms with Gasteiger partial charge in [-0.05, 0) is 62.1 Å². The molecule has 0 unspecified atom stereocenters. The third-order valence-electron chi connectivity index (χ3n) is 6.42. The molecule has 0 radical (unpaired) electrons. The van der Waals surface area contributed by atoms with Gasteiger partial charge in [0, 0.05) is 35.2 Å². The summed E-state index contributed by atoms with van der Waals surface area (Å²) in [4.78, 5) is 15.5. The summed E-state index contributed by atoms with van der Waals surface area (Å²) in [7, 11) is 3.20. The smallest absolute Gasteiger partial charge is 0.254 e. The number of ether oxygens (including phenoxy) is 2. The molecule has 1 aliphatic heterocycles. The summed E-state index contributed by atoms with van der Waals surface area (Å²) in [6.07, 6.45) is 3.22. The first-order chi connectivity index (χ1) is 14.1. The Hall–Kier alpha value is -2.95. The fourth-order valence-electron chi connectivity index (χ4n) is 5.10. The summed E-state index contributed by atoms with van der Waals surface area (Å²) in [5, 5.41) is 1.37. The average molecular weight is 390 g/mol. The summed E-state index contributed by atoms with van der Waals surface area (Å²) in [6, 6.07) is 12.3. The minimum Gasteiger partial charge on any atom is -0.493 e. The Labute approximate surface area is 170 Å². The van der Waals surface area contributed by atoms with Gasteiger partial charge in [0.1, 0.15) is 0 Å². The van der Waals surface area contributed by atoms with E-state index >= 15 is 0 Å². The quantitative estimate of drug-likeness (QED) is 0.661. The van der Waals surface area contributed by atoms with Gasteiger partial charge in [-0.1, -0.05) is 11.6 Å². The molecule has 1 aromatic heterocycles. The second-order valence-electron chi connectivity index (χ2n) is 8.01. The zero-order valence-corrected chi connectivity index (χ0v) is 17.2. The maximum atomic E-state index is 13.5. The van der Waals surface area contributed by atoms with Crippen LogP contribution in [0.3, 0.4) is 0 Å². The van der Waals surface area contributed by atoms with E-state index in [1.807, 2.05) is 12.1 Å². The summed E-state index contributed by atoms with van der Waals surface area (Å²) in [6.45, 7) is 3.71. The van der Waals surface area contributed by atoms with E-state index in [9.17, 15) is 4.79 Å². The van der Waals surface area contributed by atoms with Crippen molar-refractivity contribution in [1.29, 1.82) is 0 Å². The van der Waals surface area contributed by atoms with Crippen molar-refractivity contribution in [3.63, 3.8) is 0 Å². The van der Waals surface area contributed by atoms with Crippen LogP contribution in [0.1, 0.15) is 46.1 Å². The number of hydrogen-bond donors (Lipinski definition) is 0. The second-order valence-corrected chi connectivity index (χ2v) is 8.01. The lowest BCUT2D eigenvalue weighted by Gasteiger charge is -2.40. The molecule has 150 valence electrons. The van der Waals surface area contributed by atoms with Gasteiger partial charge in [0.25, 0.3) is 5.91 Å². The van der Waals surface area contributed by atoms with Crippen LogP contribution in [0.15, 0.2) is 36.4 Å². The molecular weight excluding hydrogens is 364 g/mol. The highest BCUT2D eigenvalue weighted by Gasteiger charge is 2.37. The molecule has 3 aromatic rings. The number of benzene rings is 2. The van der Waals surface area contributed by atoms with Gasteiger partial charge in [-0.3, -0.25) is 4.79 Å². The third-order valence-corrected chi connectivity index (χ3v) is 6.42. The van der Waals surface area contributed by atoms with Crippen LogP contribution in [0.4, 0.5) is 0 Å². The molecule has 29 heavy (non-hydrogen) atoms. The molecule has 0 saturated carbocycles. The van der Waals surface area contributed by atoms with Crippen molar-refractivity contribution < 1.29 is 14.3 Å². The molecule has 5 nitrogen and oxygen atoms in total. The van der Waals surface area contributed by atoms with Crippen LogP contribution in [-0.4, -0.2) is 36.1 Å². The Morgan fingerprint density at radius 3 is 2.66 bits per heavy atom. The first kappa shape index (κ1) is 18.1. The number of methoxy groups -OCH3 is 2. The van der Waals surface area contributed by atoms with E-state index in [4.69, 9.17) is 9.47 Å². The van der Waals surface area contributed by atoms with E-state index < -0.39 is 0 Å². The van der Waals surface area contributed by atoms with E-state index in [1.54, 1.807) is 20.3 Å². The van der Waals surface area contributed by atoms with E-state index in [0.717, 1.165) is 32.4 Å². The molecule has 2 heterocycles. The Morgan fingerprint density at radius 1 is 1.03 bits per heavy atom. The fourth-order valence-corrected chi connectivity index (χ4v) is 5.10. The average Bonchev–Trinajstić information content (AvgIpc) is 3.07. The Bertz CT molecular complexity index is 1120. The topological polar surface area (TPSA) is 43.7 Å². The van der Waals surface area contributed by atoms with Gasteiger partial charge in [0.15, 0.2) is 11.5 Å². The highest BCUT2D eigenvalue weighted by Crippen LogP contribution is 2.43. The molecule has 0 bridgehead atoms. The molecule has 1 aliphatic carbocycles.